The van der Waals surface area contributed by atoms with Gasteiger partial charge in [-0.25, -0.2) is 15.0 Å². The highest BCUT2D eigenvalue weighted by molar-refractivity contribution is 7.99. The topological polar surface area (TPSA) is 81.7 Å². The van der Waals surface area contributed by atoms with Gasteiger partial charge in [-0.2, -0.15) is 0 Å². The lowest BCUT2D eigenvalue weighted by Gasteiger charge is -2.11. The first kappa shape index (κ1) is 21.4. The van der Waals surface area contributed by atoms with E-state index < -0.39 is 0 Å². The largest absolute Gasteiger partial charge is 0.382 e. The van der Waals surface area contributed by atoms with Crippen LogP contribution < -0.4 is 11.1 Å². The average Bonchev–Trinajstić information content (AvgIpc) is 3.01. The molecule has 0 spiro atoms. The monoisotopic (exact) mass is 428 g/mol. The average molecular weight is 429 g/mol. The normalized spacial score (nSPS) is 11.1. The Morgan fingerprint density at radius 3 is 2.86 bits per heavy atom. The predicted octanol–water partition coefficient (Wildman–Crippen LogP) is 4.36. The van der Waals surface area contributed by atoms with E-state index in [1.807, 2.05) is 25.1 Å². The molecule has 0 bridgehead atoms. The minimum absolute atomic E-state index is 0.386. The summed E-state index contributed by atoms with van der Waals surface area (Å²) in [6.45, 7) is 7.99. The molecule has 0 atom stereocenters. The molecular formula is C21H25ClN6S. The zero-order valence-electron chi connectivity index (χ0n) is 16.9. The second-order valence-electron chi connectivity index (χ2n) is 6.87. The molecule has 0 saturated heterocycles. The lowest BCUT2D eigenvalue weighted by Crippen LogP contribution is -2.24. The van der Waals surface area contributed by atoms with Gasteiger partial charge in [-0.05, 0) is 31.2 Å². The van der Waals surface area contributed by atoms with Crippen LogP contribution in [0.4, 0.5) is 5.82 Å². The number of halogens is 1. The lowest BCUT2D eigenvalue weighted by molar-refractivity contribution is 0.525. The molecule has 0 unspecified atom stereocenters. The number of nitrogens with zero attached hydrogens (tertiary/aromatic N) is 4. The van der Waals surface area contributed by atoms with Gasteiger partial charge >= 0.3 is 0 Å². The number of benzene rings is 1. The van der Waals surface area contributed by atoms with E-state index in [1.54, 1.807) is 0 Å². The van der Waals surface area contributed by atoms with Crippen molar-refractivity contribution in [3.05, 3.63) is 35.1 Å². The van der Waals surface area contributed by atoms with Gasteiger partial charge in [0.25, 0.3) is 0 Å². The van der Waals surface area contributed by atoms with E-state index in [-0.39, 0.29) is 0 Å². The molecule has 0 amide bonds. The Morgan fingerprint density at radius 1 is 1.28 bits per heavy atom. The molecule has 29 heavy (non-hydrogen) atoms. The fourth-order valence-corrected chi connectivity index (χ4v) is 4.14. The van der Waals surface area contributed by atoms with E-state index in [4.69, 9.17) is 22.3 Å². The molecule has 8 heteroatoms. The highest BCUT2D eigenvalue weighted by Crippen LogP contribution is 2.33. The number of nitrogens with two attached hydrogens (primary N) is 1. The Labute approximate surface area is 180 Å². The van der Waals surface area contributed by atoms with E-state index in [2.05, 4.69) is 45.5 Å². The van der Waals surface area contributed by atoms with Crippen LogP contribution in [0, 0.1) is 11.8 Å². The summed E-state index contributed by atoms with van der Waals surface area (Å²) in [6, 6.07) is 6.27. The number of aromatic nitrogens is 4. The first-order chi connectivity index (χ1) is 14.0. The Kier molecular flexibility index (Phi) is 7.37. The lowest BCUT2D eigenvalue weighted by atomic mass is 10.2. The number of imidazole rings is 1. The Morgan fingerprint density at radius 2 is 2.10 bits per heavy atom. The van der Waals surface area contributed by atoms with E-state index in [1.165, 1.54) is 18.1 Å². The van der Waals surface area contributed by atoms with Crippen molar-refractivity contribution in [3.8, 4) is 11.8 Å². The van der Waals surface area contributed by atoms with Crippen molar-refractivity contribution in [2.75, 3.05) is 12.3 Å². The molecule has 0 aliphatic rings. The summed E-state index contributed by atoms with van der Waals surface area (Å²) in [6.07, 6.45) is 3.23. The predicted molar refractivity (Wildman–Crippen MR) is 120 cm³/mol. The second kappa shape index (κ2) is 9.97. The first-order valence-electron chi connectivity index (χ1n) is 9.65. The molecule has 152 valence electrons. The van der Waals surface area contributed by atoms with Crippen LogP contribution in [0.25, 0.3) is 11.2 Å². The molecule has 0 aliphatic carbocycles. The van der Waals surface area contributed by atoms with E-state index in [0.29, 0.717) is 22.4 Å². The van der Waals surface area contributed by atoms with Crippen LogP contribution in [0.5, 0.6) is 0 Å². The maximum atomic E-state index is 6.31. The van der Waals surface area contributed by atoms with Gasteiger partial charge in [-0.1, -0.05) is 56.0 Å². The Hall–Kier alpha value is -2.27. The molecular weight excluding hydrogens is 404 g/mol. The van der Waals surface area contributed by atoms with Crippen LogP contribution in [-0.2, 0) is 6.54 Å². The van der Waals surface area contributed by atoms with Gasteiger partial charge in [0, 0.05) is 34.5 Å². The van der Waals surface area contributed by atoms with E-state index in [9.17, 15) is 0 Å². The maximum absolute atomic E-state index is 6.31. The first-order valence-corrected chi connectivity index (χ1v) is 10.8. The number of hydrogen-bond acceptors (Lipinski definition) is 6. The zero-order valence-corrected chi connectivity index (χ0v) is 18.4. The number of hydrogen-bond donors (Lipinski definition) is 2. The highest BCUT2D eigenvalue weighted by atomic mass is 35.5. The van der Waals surface area contributed by atoms with Crippen molar-refractivity contribution in [2.45, 2.75) is 56.3 Å². The molecule has 0 fully saturated rings. The SMILES string of the molecule is CCC#Cc1cc(Cl)cc(Sc2nc3c(N)ncnc3n2CCCNC(C)C)c1. The summed E-state index contributed by atoms with van der Waals surface area (Å²) in [5.41, 5.74) is 8.31. The molecule has 3 N–H and O–H groups in total. The molecule has 3 aromatic rings. The summed E-state index contributed by atoms with van der Waals surface area (Å²) >= 11 is 7.84. The van der Waals surface area contributed by atoms with Crippen molar-refractivity contribution in [1.82, 2.24) is 24.8 Å². The van der Waals surface area contributed by atoms with Crippen LogP contribution in [0.2, 0.25) is 5.02 Å². The standard InChI is InChI=1S/C21H25ClN6S/c1-4-5-7-15-10-16(22)12-17(11-15)29-21-27-18-19(23)25-13-26-20(18)28(21)9-6-8-24-14(2)3/h10-14,24H,4,6,8-9H2,1-3H3,(H2,23,25,26). The van der Waals surface area contributed by atoms with Gasteiger partial charge < -0.3 is 15.6 Å². The molecule has 1 aromatic carbocycles. The van der Waals surface area contributed by atoms with Gasteiger partial charge in [0.1, 0.15) is 6.33 Å². The fraction of sp³-hybridized carbons (Fsp3) is 0.381. The van der Waals surface area contributed by atoms with Gasteiger partial charge in [0.15, 0.2) is 22.1 Å². The van der Waals surface area contributed by atoms with Crippen molar-refractivity contribution < 1.29 is 0 Å². The smallest absolute Gasteiger partial charge is 0.175 e. The quantitative estimate of drug-likeness (QED) is 0.429. The summed E-state index contributed by atoms with van der Waals surface area (Å²) in [7, 11) is 0. The Bertz CT molecular complexity index is 1050. The third kappa shape index (κ3) is 5.63. The summed E-state index contributed by atoms with van der Waals surface area (Å²) in [5, 5.41) is 4.91. The second-order valence-corrected chi connectivity index (χ2v) is 8.35. The maximum Gasteiger partial charge on any atom is 0.175 e. The number of rotatable bonds is 7. The van der Waals surface area contributed by atoms with Crippen LogP contribution in [-0.4, -0.2) is 32.1 Å². The number of anilines is 1. The zero-order chi connectivity index (χ0) is 20.8. The van der Waals surface area contributed by atoms with Crippen LogP contribution in [0.15, 0.2) is 34.6 Å². The van der Waals surface area contributed by atoms with E-state index >= 15 is 0 Å². The molecule has 2 heterocycles. The number of fused-ring (bicyclic) bond motifs is 1. The summed E-state index contributed by atoms with van der Waals surface area (Å²) in [4.78, 5) is 14.2. The molecule has 2 aromatic heterocycles. The molecule has 6 nitrogen and oxygen atoms in total. The Balaban J connectivity index is 1.93. The van der Waals surface area contributed by atoms with Crippen LogP contribution >= 0.6 is 23.4 Å². The highest BCUT2D eigenvalue weighted by Gasteiger charge is 2.16. The third-order valence-electron chi connectivity index (χ3n) is 4.13. The molecule has 0 aliphatic heterocycles. The van der Waals surface area contributed by atoms with Gasteiger partial charge in [0.05, 0.1) is 0 Å². The van der Waals surface area contributed by atoms with Crippen molar-refractivity contribution in [3.63, 3.8) is 0 Å². The minimum Gasteiger partial charge on any atom is -0.382 e. The van der Waals surface area contributed by atoms with Gasteiger partial charge in [0.2, 0.25) is 0 Å². The van der Waals surface area contributed by atoms with Crippen molar-refractivity contribution >= 4 is 40.3 Å². The van der Waals surface area contributed by atoms with Gasteiger partial charge in [-0.15, -0.1) is 0 Å². The summed E-state index contributed by atoms with van der Waals surface area (Å²) in [5.74, 6) is 6.61. The van der Waals surface area contributed by atoms with Crippen LogP contribution in [0.3, 0.4) is 0 Å². The molecule has 0 saturated carbocycles. The number of nitrogens with one attached hydrogen (secondary N) is 1. The fourth-order valence-electron chi connectivity index (χ4n) is 2.83. The van der Waals surface area contributed by atoms with Crippen molar-refractivity contribution in [1.29, 1.82) is 0 Å². The number of aryl methyl sites for hydroxylation is 1. The van der Waals surface area contributed by atoms with E-state index in [0.717, 1.165) is 47.2 Å². The molecule has 0 radical (unpaired) electrons. The number of nitrogen functional groups attached to an aromatic ring is 1. The third-order valence-corrected chi connectivity index (χ3v) is 5.31. The van der Waals surface area contributed by atoms with Crippen molar-refractivity contribution in [2.24, 2.45) is 0 Å². The van der Waals surface area contributed by atoms with Gasteiger partial charge in [-0.3, -0.25) is 0 Å². The molecule has 3 rings (SSSR count). The minimum atomic E-state index is 0.386. The van der Waals surface area contributed by atoms with Crippen LogP contribution in [0.1, 0.15) is 39.2 Å². The summed E-state index contributed by atoms with van der Waals surface area (Å²) < 4.78 is 2.10.